The number of amides is 1. The molecule has 8 heteroatoms. The topological polar surface area (TPSA) is 82.2 Å². The monoisotopic (exact) mass is 398 g/mol. The van der Waals surface area contributed by atoms with E-state index in [0.29, 0.717) is 35.6 Å². The minimum Gasteiger partial charge on any atom is -0.496 e. The zero-order valence-electron chi connectivity index (χ0n) is 15.8. The van der Waals surface area contributed by atoms with Gasteiger partial charge in [0.05, 0.1) is 30.7 Å². The summed E-state index contributed by atoms with van der Waals surface area (Å²) in [7, 11) is 1.62. The smallest absolute Gasteiger partial charge is 0.233 e. The van der Waals surface area contributed by atoms with E-state index in [0.717, 1.165) is 5.56 Å². The number of aromatic nitrogens is 3. The second-order valence-electron chi connectivity index (χ2n) is 5.96. The Labute approximate surface area is 167 Å². The van der Waals surface area contributed by atoms with Crippen LogP contribution >= 0.6 is 11.8 Å². The predicted octanol–water partition coefficient (Wildman–Crippen LogP) is 3.53. The molecule has 3 aromatic rings. The molecule has 1 atom stereocenters. The van der Waals surface area contributed by atoms with Crippen molar-refractivity contribution in [1.29, 1.82) is 0 Å². The maximum Gasteiger partial charge on any atom is 0.233 e. The number of rotatable bonds is 9. The second-order valence-corrected chi connectivity index (χ2v) is 7.27. The van der Waals surface area contributed by atoms with E-state index < -0.39 is 0 Å². The number of para-hydroxylation sites is 1. The Bertz CT molecular complexity index is 937. The summed E-state index contributed by atoms with van der Waals surface area (Å²) in [6.45, 7) is 6.52. The molecule has 3 rings (SSSR count). The van der Waals surface area contributed by atoms with Gasteiger partial charge in [-0.2, -0.15) is 0 Å². The van der Waals surface area contributed by atoms with Crippen LogP contribution in [0.2, 0.25) is 0 Å². The summed E-state index contributed by atoms with van der Waals surface area (Å²) in [6, 6.07) is 11.2. The molecule has 2 heterocycles. The quantitative estimate of drug-likeness (QED) is 0.439. The minimum absolute atomic E-state index is 0.103. The fourth-order valence-corrected chi connectivity index (χ4v) is 3.52. The third-order valence-electron chi connectivity index (χ3n) is 4.04. The number of nitrogens with zero attached hydrogens (tertiary/aromatic N) is 3. The normalized spacial score (nSPS) is 11.8. The van der Waals surface area contributed by atoms with Gasteiger partial charge in [-0.25, -0.2) is 0 Å². The van der Waals surface area contributed by atoms with Gasteiger partial charge >= 0.3 is 0 Å². The average Bonchev–Trinajstić information content (AvgIpc) is 3.37. The van der Waals surface area contributed by atoms with Crippen molar-refractivity contribution in [2.45, 2.75) is 30.4 Å². The highest BCUT2D eigenvalue weighted by Gasteiger charge is 2.21. The first-order valence-corrected chi connectivity index (χ1v) is 9.66. The Hall–Kier alpha value is -3.00. The predicted molar refractivity (Wildman–Crippen MR) is 108 cm³/mol. The van der Waals surface area contributed by atoms with Crippen LogP contribution in [-0.2, 0) is 17.9 Å². The minimum atomic E-state index is -0.353. The van der Waals surface area contributed by atoms with Crippen molar-refractivity contribution in [3.05, 3.63) is 61.1 Å². The standard InChI is InChI=1S/C20H22N4O3S/c1-4-11-24-18(16-9-5-6-10-17(16)26-3)22-23-20(24)28-14(2)19(25)21-13-15-8-7-12-27-15/h4-10,12,14H,1,11,13H2,2-3H3,(H,21,25)/t14-/m1/s1. The van der Waals surface area contributed by atoms with Gasteiger partial charge in [0.1, 0.15) is 11.5 Å². The summed E-state index contributed by atoms with van der Waals surface area (Å²) < 4.78 is 12.6. The maximum absolute atomic E-state index is 12.4. The third-order valence-corrected chi connectivity index (χ3v) is 5.13. The highest BCUT2D eigenvalue weighted by molar-refractivity contribution is 8.00. The van der Waals surface area contributed by atoms with Crippen LogP contribution in [0.4, 0.5) is 0 Å². The lowest BCUT2D eigenvalue weighted by Gasteiger charge is -2.13. The lowest BCUT2D eigenvalue weighted by molar-refractivity contribution is -0.120. The zero-order chi connectivity index (χ0) is 19.9. The SMILES string of the molecule is C=CCn1c(S[C@H](C)C(=O)NCc2ccco2)nnc1-c1ccccc1OC. The molecule has 2 aromatic heterocycles. The molecule has 0 unspecified atom stereocenters. The van der Waals surface area contributed by atoms with Gasteiger partial charge in [-0.1, -0.05) is 30.0 Å². The molecule has 0 aliphatic rings. The number of carbonyl (C=O) groups excluding carboxylic acids is 1. The van der Waals surface area contributed by atoms with Crippen molar-refractivity contribution in [1.82, 2.24) is 20.1 Å². The van der Waals surface area contributed by atoms with Crippen LogP contribution in [-0.4, -0.2) is 33.0 Å². The van der Waals surface area contributed by atoms with E-state index in [4.69, 9.17) is 9.15 Å². The van der Waals surface area contributed by atoms with Gasteiger partial charge < -0.3 is 14.5 Å². The van der Waals surface area contributed by atoms with Gasteiger partial charge in [-0.15, -0.1) is 16.8 Å². The van der Waals surface area contributed by atoms with E-state index in [2.05, 4.69) is 22.1 Å². The molecule has 28 heavy (non-hydrogen) atoms. The van der Waals surface area contributed by atoms with Crippen molar-refractivity contribution >= 4 is 17.7 Å². The van der Waals surface area contributed by atoms with Crippen molar-refractivity contribution in [2.75, 3.05) is 7.11 Å². The van der Waals surface area contributed by atoms with Crippen molar-refractivity contribution in [3.8, 4) is 17.1 Å². The maximum atomic E-state index is 12.4. The molecule has 1 N–H and O–H groups in total. The molecule has 0 spiro atoms. The molecule has 1 aromatic carbocycles. The number of nitrogens with one attached hydrogen (secondary N) is 1. The largest absolute Gasteiger partial charge is 0.496 e. The Kier molecular flexibility index (Phi) is 6.54. The fourth-order valence-electron chi connectivity index (χ4n) is 2.64. The highest BCUT2D eigenvalue weighted by atomic mass is 32.2. The first-order valence-electron chi connectivity index (χ1n) is 8.78. The number of hydrogen-bond acceptors (Lipinski definition) is 6. The average molecular weight is 398 g/mol. The van der Waals surface area contributed by atoms with Crippen molar-refractivity contribution in [2.24, 2.45) is 0 Å². The van der Waals surface area contributed by atoms with E-state index in [1.165, 1.54) is 11.8 Å². The first kappa shape index (κ1) is 19.8. The van der Waals surface area contributed by atoms with Gasteiger partial charge in [0.25, 0.3) is 0 Å². The van der Waals surface area contributed by atoms with Crippen molar-refractivity contribution in [3.63, 3.8) is 0 Å². The van der Waals surface area contributed by atoms with Crippen LogP contribution in [0.1, 0.15) is 12.7 Å². The van der Waals surface area contributed by atoms with E-state index >= 15 is 0 Å². The number of furan rings is 1. The van der Waals surface area contributed by atoms with Crippen LogP contribution < -0.4 is 10.1 Å². The lowest BCUT2D eigenvalue weighted by atomic mass is 10.2. The van der Waals surface area contributed by atoms with Crippen LogP contribution in [0.3, 0.4) is 0 Å². The van der Waals surface area contributed by atoms with Gasteiger partial charge in [0.2, 0.25) is 5.91 Å². The molecular weight excluding hydrogens is 376 g/mol. The fraction of sp³-hybridized carbons (Fsp3) is 0.250. The Morgan fingerprint density at radius 3 is 2.89 bits per heavy atom. The summed E-state index contributed by atoms with van der Waals surface area (Å²) in [5, 5.41) is 11.8. The molecule has 146 valence electrons. The Morgan fingerprint density at radius 1 is 1.36 bits per heavy atom. The van der Waals surface area contributed by atoms with E-state index in [1.54, 1.807) is 25.5 Å². The molecule has 0 radical (unpaired) electrons. The molecule has 0 aliphatic heterocycles. The third kappa shape index (κ3) is 4.45. The van der Waals surface area contributed by atoms with Gasteiger partial charge in [0.15, 0.2) is 11.0 Å². The zero-order valence-corrected chi connectivity index (χ0v) is 16.6. The van der Waals surface area contributed by atoms with Crippen LogP contribution in [0.25, 0.3) is 11.4 Å². The summed E-state index contributed by atoms with van der Waals surface area (Å²) in [6.07, 6.45) is 3.35. The second kappa shape index (κ2) is 9.27. The Balaban J connectivity index is 1.77. The highest BCUT2D eigenvalue weighted by Crippen LogP contribution is 2.32. The number of carbonyl (C=O) groups is 1. The van der Waals surface area contributed by atoms with Crippen molar-refractivity contribution < 1.29 is 13.9 Å². The number of ether oxygens (including phenoxy) is 1. The molecule has 7 nitrogen and oxygen atoms in total. The summed E-state index contributed by atoms with van der Waals surface area (Å²) >= 11 is 1.34. The number of hydrogen-bond donors (Lipinski definition) is 1. The summed E-state index contributed by atoms with van der Waals surface area (Å²) in [4.78, 5) is 12.4. The number of allylic oxidation sites excluding steroid dienone is 1. The summed E-state index contributed by atoms with van der Waals surface area (Å²) in [5.41, 5.74) is 0.834. The van der Waals surface area contributed by atoms with E-state index in [-0.39, 0.29) is 11.2 Å². The van der Waals surface area contributed by atoms with Crippen LogP contribution in [0, 0.1) is 0 Å². The molecule has 1 amide bonds. The van der Waals surface area contributed by atoms with Gasteiger partial charge in [0, 0.05) is 6.54 Å². The summed E-state index contributed by atoms with van der Waals surface area (Å²) in [5.74, 6) is 1.98. The van der Waals surface area contributed by atoms with E-state index in [9.17, 15) is 4.79 Å². The number of methoxy groups -OCH3 is 1. The number of thioether (sulfide) groups is 1. The lowest BCUT2D eigenvalue weighted by Crippen LogP contribution is -2.30. The number of benzene rings is 1. The molecular formula is C20H22N4O3S. The van der Waals surface area contributed by atoms with Gasteiger partial charge in [-0.3, -0.25) is 9.36 Å². The molecule has 0 aliphatic carbocycles. The molecule has 0 fully saturated rings. The van der Waals surface area contributed by atoms with Crippen LogP contribution in [0.15, 0.2) is 64.9 Å². The Morgan fingerprint density at radius 2 is 2.18 bits per heavy atom. The molecule has 0 saturated carbocycles. The first-order chi connectivity index (χ1) is 13.6. The molecule has 0 saturated heterocycles. The van der Waals surface area contributed by atoms with Gasteiger partial charge in [-0.05, 0) is 31.2 Å². The van der Waals surface area contributed by atoms with E-state index in [1.807, 2.05) is 41.8 Å². The molecule has 0 bridgehead atoms. The van der Waals surface area contributed by atoms with Crippen LogP contribution in [0.5, 0.6) is 5.75 Å².